The monoisotopic (exact) mass is 470 g/mol. The Morgan fingerprint density at radius 2 is 1.82 bits per heavy atom. The summed E-state index contributed by atoms with van der Waals surface area (Å²) < 4.78 is 6.39. The molecule has 0 aromatic heterocycles. The number of hydrazone groups is 1. The maximum atomic E-state index is 13.0. The van der Waals surface area contributed by atoms with Crippen molar-refractivity contribution in [2.45, 2.75) is 17.6 Å². The zero-order chi connectivity index (χ0) is 23.3. The van der Waals surface area contributed by atoms with Crippen LogP contribution in [0.1, 0.15) is 29.2 Å². The van der Waals surface area contributed by atoms with Crippen LogP contribution >= 0.6 is 11.8 Å². The van der Waals surface area contributed by atoms with Gasteiger partial charge >= 0.3 is 5.18 Å². The lowest BCUT2D eigenvalue weighted by molar-refractivity contribution is -0.384. The molecule has 3 heterocycles. The van der Waals surface area contributed by atoms with Crippen LogP contribution in [0, 0.1) is 10.1 Å². The molecule has 0 bridgehead atoms. The Labute approximate surface area is 199 Å². The summed E-state index contributed by atoms with van der Waals surface area (Å²) in [6.07, 6.45) is 2.39. The van der Waals surface area contributed by atoms with Crippen molar-refractivity contribution in [3.8, 4) is 5.75 Å². The van der Waals surface area contributed by atoms with E-state index in [1.165, 1.54) is 23.9 Å². The highest BCUT2D eigenvalue weighted by Gasteiger charge is 2.57. The fraction of sp³-hybridized carbons (Fsp3) is 0.120. The van der Waals surface area contributed by atoms with Gasteiger partial charge in [-0.05, 0) is 47.2 Å². The van der Waals surface area contributed by atoms with Crippen molar-refractivity contribution in [3.05, 3.63) is 111 Å². The molecule has 3 aromatic carbocycles. The number of nitrogens with one attached hydrogen (secondary N) is 1. The predicted molar refractivity (Wildman–Crippen MR) is 129 cm³/mol. The van der Waals surface area contributed by atoms with Crippen LogP contribution in [0.15, 0.2) is 88.9 Å². The second-order valence-corrected chi connectivity index (χ2v) is 9.31. The summed E-state index contributed by atoms with van der Waals surface area (Å²) in [6, 6.07) is 23.8. The van der Waals surface area contributed by atoms with Gasteiger partial charge in [-0.25, -0.2) is 5.01 Å². The summed E-state index contributed by atoms with van der Waals surface area (Å²) in [4.78, 5) is 23.9. The van der Waals surface area contributed by atoms with Crippen LogP contribution in [0.5, 0.6) is 5.75 Å². The minimum absolute atomic E-state index is 0.00273. The van der Waals surface area contributed by atoms with Crippen molar-refractivity contribution >= 4 is 35.1 Å². The summed E-state index contributed by atoms with van der Waals surface area (Å²) in [5, 5.41) is 19.5. The Morgan fingerprint density at radius 3 is 2.59 bits per heavy atom. The third-order valence-electron chi connectivity index (χ3n) is 5.99. The van der Waals surface area contributed by atoms with Gasteiger partial charge in [0.2, 0.25) is 0 Å². The van der Waals surface area contributed by atoms with E-state index in [2.05, 4.69) is 5.32 Å². The van der Waals surface area contributed by atoms with Crippen LogP contribution in [0.4, 0.5) is 5.69 Å². The van der Waals surface area contributed by atoms with Gasteiger partial charge in [0, 0.05) is 24.1 Å². The van der Waals surface area contributed by atoms with Crippen LogP contribution in [0.25, 0.3) is 6.08 Å². The molecule has 3 aliphatic heterocycles. The molecule has 168 valence electrons. The van der Waals surface area contributed by atoms with E-state index in [4.69, 9.17) is 9.84 Å². The van der Waals surface area contributed by atoms with Gasteiger partial charge in [-0.15, -0.1) is 0 Å². The molecule has 9 heteroatoms. The second kappa shape index (κ2) is 7.74. The van der Waals surface area contributed by atoms with Crippen LogP contribution in [-0.2, 0) is 4.79 Å². The summed E-state index contributed by atoms with van der Waals surface area (Å²) in [5.74, 6) is 0.419. The number of rotatable bonds is 3. The molecule has 2 unspecified atom stereocenters. The quantitative estimate of drug-likeness (QED) is 0.340. The molecule has 0 radical (unpaired) electrons. The van der Waals surface area contributed by atoms with Crippen molar-refractivity contribution in [2.75, 3.05) is 0 Å². The highest BCUT2D eigenvalue weighted by Crippen LogP contribution is 2.53. The highest BCUT2D eigenvalue weighted by atomic mass is 32.2. The van der Waals surface area contributed by atoms with E-state index < -0.39 is 10.1 Å². The number of non-ortho nitro benzene ring substituents is 1. The smallest absolute Gasteiger partial charge is 0.336 e. The predicted octanol–water partition coefficient (Wildman–Crippen LogP) is 4.65. The average molecular weight is 471 g/mol. The first-order valence-electron chi connectivity index (χ1n) is 10.7. The van der Waals surface area contributed by atoms with E-state index in [1.807, 2.05) is 59.6 Å². The molecule has 0 aliphatic carbocycles. The number of para-hydroxylation sites is 1. The van der Waals surface area contributed by atoms with Gasteiger partial charge < -0.3 is 4.74 Å². The number of hydrogen-bond donors (Lipinski definition) is 1. The van der Waals surface area contributed by atoms with Crippen LogP contribution < -0.4 is 10.1 Å². The SMILES string of the molecule is O=C1NC2(Oc3ccccc3C3CC(c4ccccc4)=NN32)S/C1=C\c1ccc([N+](=O)[O-])cc1. The summed E-state index contributed by atoms with van der Waals surface area (Å²) in [6.45, 7) is 0. The van der Waals surface area contributed by atoms with Gasteiger partial charge in [-0.1, -0.05) is 48.5 Å². The third kappa shape index (κ3) is 3.32. The molecular formula is C25H18N4O4S. The van der Waals surface area contributed by atoms with Gasteiger partial charge in [-0.3, -0.25) is 20.2 Å². The van der Waals surface area contributed by atoms with E-state index in [-0.39, 0.29) is 17.6 Å². The van der Waals surface area contributed by atoms with Crippen LogP contribution in [-0.4, -0.2) is 26.7 Å². The molecule has 1 N–H and O–H groups in total. The largest absolute Gasteiger partial charge is 0.439 e. The molecule has 8 nitrogen and oxygen atoms in total. The van der Waals surface area contributed by atoms with E-state index in [0.717, 1.165) is 16.8 Å². The third-order valence-corrected chi connectivity index (χ3v) is 7.16. The summed E-state index contributed by atoms with van der Waals surface area (Å²) in [7, 11) is 0. The number of nitro benzene ring substituents is 1. The minimum atomic E-state index is -1.22. The highest BCUT2D eigenvalue weighted by molar-refractivity contribution is 8.05. The van der Waals surface area contributed by atoms with Crippen molar-refractivity contribution in [2.24, 2.45) is 5.10 Å². The molecule has 3 aromatic rings. The maximum absolute atomic E-state index is 13.0. The molecule has 1 saturated heterocycles. The van der Waals surface area contributed by atoms with Crippen molar-refractivity contribution in [1.82, 2.24) is 10.3 Å². The standard InChI is InChI=1S/C25H18N4O4S/c30-24-23(14-16-10-12-18(13-11-16)29(31)32)34-25(26-24)28-21(19-8-4-5-9-22(19)33-25)15-20(27-28)17-6-2-1-3-7-17/h1-14,21H,15H2,(H,26,30)/b23-14-. The Hall–Kier alpha value is -4.11. The van der Waals surface area contributed by atoms with Crippen molar-refractivity contribution < 1.29 is 14.5 Å². The van der Waals surface area contributed by atoms with E-state index in [9.17, 15) is 14.9 Å². The Bertz CT molecular complexity index is 1370. The number of nitro groups is 1. The lowest BCUT2D eigenvalue weighted by Crippen LogP contribution is -2.58. The lowest BCUT2D eigenvalue weighted by atomic mass is 9.97. The van der Waals surface area contributed by atoms with E-state index >= 15 is 0 Å². The van der Waals surface area contributed by atoms with Gasteiger partial charge in [-0.2, -0.15) is 5.10 Å². The van der Waals surface area contributed by atoms with Crippen LogP contribution in [0.2, 0.25) is 0 Å². The molecule has 1 spiro atoms. The van der Waals surface area contributed by atoms with Gasteiger partial charge in [0.1, 0.15) is 5.75 Å². The Morgan fingerprint density at radius 1 is 1.09 bits per heavy atom. The number of benzene rings is 3. The Balaban J connectivity index is 1.39. The molecule has 1 amide bonds. The fourth-order valence-electron chi connectivity index (χ4n) is 4.39. The zero-order valence-electron chi connectivity index (χ0n) is 17.8. The van der Waals surface area contributed by atoms with E-state index in [0.29, 0.717) is 22.6 Å². The molecule has 3 aliphatic rings. The molecule has 0 saturated carbocycles. The second-order valence-electron chi connectivity index (χ2n) is 8.11. The molecule has 34 heavy (non-hydrogen) atoms. The number of carbonyl (C=O) groups excluding carboxylic acids is 1. The lowest BCUT2D eigenvalue weighted by Gasteiger charge is -2.43. The summed E-state index contributed by atoms with van der Waals surface area (Å²) >= 11 is 1.25. The topological polar surface area (TPSA) is 97.1 Å². The van der Waals surface area contributed by atoms with Crippen molar-refractivity contribution in [1.29, 1.82) is 0 Å². The number of carbonyl (C=O) groups is 1. The number of amides is 1. The minimum Gasteiger partial charge on any atom is -0.439 e. The summed E-state index contributed by atoms with van der Waals surface area (Å²) in [5.41, 5.74) is 3.65. The Kier molecular flexibility index (Phi) is 4.66. The number of fused-ring (bicyclic) bond motifs is 4. The molecule has 6 rings (SSSR count). The van der Waals surface area contributed by atoms with Gasteiger partial charge in [0.25, 0.3) is 11.6 Å². The first kappa shape index (κ1) is 20.5. The first-order chi connectivity index (χ1) is 16.5. The number of thioether (sulfide) groups is 1. The normalized spacial score (nSPS) is 23.8. The van der Waals surface area contributed by atoms with Gasteiger partial charge in [0.15, 0.2) is 0 Å². The number of hydrogen-bond acceptors (Lipinski definition) is 7. The zero-order valence-corrected chi connectivity index (χ0v) is 18.6. The molecule has 2 atom stereocenters. The number of nitrogens with zero attached hydrogens (tertiary/aromatic N) is 3. The molecular weight excluding hydrogens is 452 g/mol. The van der Waals surface area contributed by atoms with E-state index in [1.54, 1.807) is 18.2 Å². The maximum Gasteiger partial charge on any atom is 0.336 e. The van der Waals surface area contributed by atoms with Crippen molar-refractivity contribution in [3.63, 3.8) is 0 Å². The first-order valence-corrected chi connectivity index (χ1v) is 11.5. The number of ether oxygens (including phenoxy) is 1. The fourth-order valence-corrected chi connectivity index (χ4v) is 5.56. The van der Waals surface area contributed by atoms with Crippen LogP contribution in [0.3, 0.4) is 0 Å². The van der Waals surface area contributed by atoms with Gasteiger partial charge in [0.05, 0.1) is 21.6 Å². The molecule has 1 fully saturated rings. The average Bonchev–Trinajstić information content (AvgIpc) is 3.43.